The second-order valence-electron chi connectivity index (χ2n) is 4.80. The van der Waals surface area contributed by atoms with Crippen LogP contribution in [-0.2, 0) is 12.8 Å². The van der Waals surface area contributed by atoms with Crippen molar-refractivity contribution >= 4 is 34.4 Å². The van der Waals surface area contributed by atoms with Crippen molar-refractivity contribution in [3.8, 4) is 0 Å². The number of H-pyrrole nitrogens is 1. The summed E-state index contributed by atoms with van der Waals surface area (Å²) in [6.07, 6.45) is 6.76. The van der Waals surface area contributed by atoms with Crippen molar-refractivity contribution in [2.45, 2.75) is 24.8 Å². The number of rotatable bonds is 9. The zero-order chi connectivity index (χ0) is 14.9. The fourth-order valence-corrected chi connectivity index (χ4v) is 3.12. The van der Waals surface area contributed by atoms with Gasteiger partial charge in [-0.25, -0.2) is 4.98 Å². The van der Waals surface area contributed by atoms with E-state index in [1.165, 1.54) is 14.8 Å². The normalized spacial score (nSPS) is 12.5. The lowest BCUT2D eigenvalue weighted by molar-refractivity contribution is 0.663. The van der Waals surface area contributed by atoms with E-state index in [-0.39, 0.29) is 5.50 Å². The maximum atomic E-state index is 6.05. The zero-order valence-corrected chi connectivity index (χ0v) is 14.9. The monoisotopic (exact) mass is 414 g/mol. The first kappa shape index (κ1) is 16.8. The van der Waals surface area contributed by atoms with Gasteiger partial charge >= 0.3 is 0 Å². The number of thioether (sulfide) groups is 1. The highest BCUT2D eigenvalue weighted by atomic mass is 125. The summed E-state index contributed by atoms with van der Waals surface area (Å²) in [5, 5.41) is 3.36. The zero-order valence-electron chi connectivity index (χ0n) is 11.9. The Bertz CT molecular complexity index is 501. The van der Waals surface area contributed by atoms with E-state index in [0.29, 0.717) is 0 Å². The molecule has 0 aliphatic heterocycles. The van der Waals surface area contributed by atoms with Crippen LogP contribution >= 0.6 is 34.4 Å². The number of imidazole rings is 1. The first-order valence-electron chi connectivity index (χ1n) is 7.06. The molecule has 0 saturated heterocycles. The van der Waals surface area contributed by atoms with Crippen molar-refractivity contribution in [2.75, 3.05) is 12.3 Å². The van der Waals surface area contributed by atoms with Crippen molar-refractivity contribution in [3.05, 3.63) is 51.6 Å². The topological polar surface area (TPSA) is 66.7 Å². The smallest absolute Gasteiger partial charge is 0.103 e. The van der Waals surface area contributed by atoms with Gasteiger partial charge in [-0.3, -0.25) is 5.32 Å². The molecule has 1 aromatic carbocycles. The van der Waals surface area contributed by atoms with Crippen LogP contribution in [0.4, 0.5) is 0 Å². The number of hydrogen-bond acceptors (Lipinski definition) is 4. The number of aromatic amines is 1. The van der Waals surface area contributed by atoms with Crippen LogP contribution in [0.2, 0.25) is 0 Å². The fraction of sp³-hybridized carbons (Fsp3) is 0.400. The van der Waals surface area contributed by atoms with Gasteiger partial charge in [0.15, 0.2) is 0 Å². The number of aromatic nitrogens is 2. The number of nitrogens with zero attached hydrogens (tertiary/aromatic N) is 1. The van der Waals surface area contributed by atoms with E-state index in [4.69, 9.17) is 5.73 Å². The first-order valence-corrected chi connectivity index (χ1v) is 9.19. The van der Waals surface area contributed by atoms with Gasteiger partial charge in [0.05, 0.1) is 6.33 Å². The van der Waals surface area contributed by atoms with Crippen LogP contribution in [0.15, 0.2) is 36.8 Å². The lowest BCUT2D eigenvalue weighted by Gasteiger charge is -2.13. The van der Waals surface area contributed by atoms with Gasteiger partial charge in [0, 0.05) is 22.0 Å². The van der Waals surface area contributed by atoms with Gasteiger partial charge in [0.2, 0.25) is 0 Å². The van der Waals surface area contributed by atoms with E-state index < -0.39 is 0 Å². The predicted molar refractivity (Wildman–Crippen MR) is 98.2 cm³/mol. The van der Waals surface area contributed by atoms with Crippen molar-refractivity contribution in [3.63, 3.8) is 0 Å². The number of halogens is 1. The summed E-state index contributed by atoms with van der Waals surface area (Å²) >= 11 is 4.09. The van der Waals surface area contributed by atoms with E-state index in [1.807, 2.05) is 6.20 Å². The maximum absolute atomic E-state index is 6.05. The Kier molecular flexibility index (Phi) is 7.56. The highest BCUT2D eigenvalue weighted by Crippen LogP contribution is 2.09. The molecule has 0 amide bonds. The maximum Gasteiger partial charge on any atom is 0.103 e. The minimum absolute atomic E-state index is 0.00983. The van der Waals surface area contributed by atoms with E-state index >= 15 is 0 Å². The highest BCUT2D eigenvalue weighted by molar-refractivity contribution is 14.1. The molecule has 6 heteroatoms. The van der Waals surface area contributed by atoms with Crippen LogP contribution in [0, 0.1) is 3.57 Å². The molecule has 0 aliphatic carbocycles. The second kappa shape index (κ2) is 9.45. The summed E-state index contributed by atoms with van der Waals surface area (Å²) in [5.41, 5.74) is 8.60. The number of hydrogen-bond donors (Lipinski definition) is 3. The summed E-state index contributed by atoms with van der Waals surface area (Å²) in [7, 11) is 0. The largest absolute Gasteiger partial charge is 0.348 e. The summed E-state index contributed by atoms with van der Waals surface area (Å²) in [6, 6.07) is 8.62. The van der Waals surface area contributed by atoms with Crippen molar-refractivity contribution in [1.82, 2.24) is 15.3 Å². The van der Waals surface area contributed by atoms with Crippen LogP contribution in [0.3, 0.4) is 0 Å². The lowest BCUT2D eigenvalue weighted by atomic mass is 10.1. The molecule has 0 aliphatic rings. The standard InChI is InChI=1S/C15H21IN4S/c16-13-5-3-12(4-6-13)7-8-19-15(17)21-9-1-2-14-10-18-11-20-14/h3-6,10-11,15,19H,1-2,7-9,17H2,(H,18,20)/i16-2. The molecule has 0 bridgehead atoms. The Morgan fingerprint density at radius 3 is 2.81 bits per heavy atom. The summed E-state index contributed by atoms with van der Waals surface area (Å²) in [5.74, 6) is 1.05. The van der Waals surface area contributed by atoms with E-state index in [9.17, 15) is 0 Å². The second-order valence-corrected chi connectivity index (χ2v) is 7.30. The fourth-order valence-electron chi connectivity index (χ4n) is 1.96. The molecule has 1 atom stereocenters. The molecule has 1 aromatic heterocycles. The molecule has 2 rings (SSSR count). The van der Waals surface area contributed by atoms with Gasteiger partial charge in [0.25, 0.3) is 0 Å². The summed E-state index contributed by atoms with van der Waals surface area (Å²) in [6.45, 7) is 0.912. The number of nitrogens with one attached hydrogen (secondary N) is 2. The molecule has 114 valence electrons. The predicted octanol–water partition coefficient (Wildman–Crippen LogP) is 2.75. The minimum atomic E-state index is 0.00983. The van der Waals surface area contributed by atoms with Gasteiger partial charge in [-0.2, -0.15) is 0 Å². The average Bonchev–Trinajstić information content (AvgIpc) is 2.99. The molecule has 1 unspecified atom stereocenters. The third kappa shape index (κ3) is 6.82. The molecular formula is C15H21IN4S. The van der Waals surface area contributed by atoms with Crippen molar-refractivity contribution in [1.29, 1.82) is 0 Å². The average molecular weight is 414 g/mol. The molecule has 0 fully saturated rings. The third-order valence-corrected chi connectivity index (χ3v) is 4.88. The number of nitrogens with two attached hydrogens (primary N) is 1. The van der Waals surface area contributed by atoms with Gasteiger partial charge in [-0.1, -0.05) is 12.1 Å². The van der Waals surface area contributed by atoms with Crippen molar-refractivity contribution < 1.29 is 0 Å². The molecular weight excluding hydrogens is 393 g/mol. The van der Waals surface area contributed by atoms with Crippen LogP contribution in [0.1, 0.15) is 17.7 Å². The molecule has 21 heavy (non-hydrogen) atoms. The SMILES string of the molecule is NC(NCCc1ccc([125I])cc1)SCCCc1cnc[nH]1. The van der Waals surface area contributed by atoms with E-state index in [1.54, 1.807) is 18.1 Å². The van der Waals surface area contributed by atoms with Gasteiger partial charge in [-0.05, 0) is 65.3 Å². The third-order valence-electron chi connectivity index (χ3n) is 3.12. The van der Waals surface area contributed by atoms with Gasteiger partial charge in [0.1, 0.15) is 5.50 Å². The number of aryl methyl sites for hydroxylation is 1. The molecule has 2 aromatic rings. The Balaban J connectivity index is 1.53. The Morgan fingerprint density at radius 1 is 1.29 bits per heavy atom. The molecule has 0 saturated carbocycles. The highest BCUT2D eigenvalue weighted by Gasteiger charge is 2.02. The Morgan fingerprint density at radius 2 is 2.10 bits per heavy atom. The van der Waals surface area contributed by atoms with E-state index in [0.717, 1.165) is 31.6 Å². The Labute approximate surface area is 143 Å². The lowest BCUT2D eigenvalue weighted by Crippen LogP contribution is -2.35. The molecule has 0 spiro atoms. The van der Waals surface area contributed by atoms with Crippen LogP contribution in [-0.4, -0.2) is 27.8 Å². The number of benzene rings is 1. The molecule has 4 N–H and O–H groups in total. The first-order chi connectivity index (χ1) is 10.2. The molecule has 4 nitrogen and oxygen atoms in total. The van der Waals surface area contributed by atoms with Crippen LogP contribution in [0.5, 0.6) is 0 Å². The molecule has 1 heterocycles. The van der Waals surface area contributed by atoms with Gasteiger partial charge < -0.3 is 10.7 Å². The quantitative estimate of drug-likeness (QED) is 0.336. The Hall–Kier alpha value is -0.570. The summed E-state index contributed by atoms with van der Waals surface area (Å²) in [4.78, 5) is 7.12. The summed E-state index contributed by atoms with van der Waals surface area (Å²) < 4.78 is 1.27. The minimum Gasteiger partial charge on any atom is -0.348 e. The van der Waals surface area contributed by atoms with Gasteiger partial charge in [-0.15, -0.1) is 11.8 Å². The van der Waals surface area contributed by atoms with Crippen LogP contribution < -0.4 is 11.1 Å². The van der Waals surface area contributed by atoms with Crippen LogP contribution in [0.25, 0.3) is 0 Å². The van der Waals surface area contributed by atoms with E-state index in [2.05, 4.69) is 62.1 Å². The van der Waals surface area contributed by atoms with Crippen molar-refractivity contribution in [2.24, 2.45) is 5.73 Å². The molecule has 0 radical (unpaired) electrons.